The van der Waals surface area contributed by atoms with Crippen LogP contribution in [0, 0.1) is 0 Å². The van der Waals surface area contributed by atoms with E-state index in [4.69, 9.17) is 5.73 Å². The van der Waals surface area contributed by atoms with Crippen molar-refractivity contribution in [3.8, 4) is 0 Å². The molecule has 2 saturated heterocycles. The van der Waals surface area contributed by atoms with E-state index >= 15 is 0 Å². The van der Waals surface area contributed by atoms with Gasteiger partial charge in [0.25, 0.3) is 5.91 Å². The fourth-order valence-corrected chi connectivity index (χ4v) is 4.56. The number of nitrogens with zero attached hydrogens (tertiary/aromatic N) is 4. The molecule has 2 amide bonds. The Morgan fingerprint density at radius 2 is 2.17 bits per heavy atom. The molecular formula is C16H25N5O2S. The summed E-state index contributed by atoms with van der Waals surface area (Å²) >= 11 is 1.46. The monoisotopic (exact) mass is 351 g/mol. The molecule has 0 aliphatic carbocycles. The predicted molar refractivity (Wildman–Crippen MR) is 94.3 cm³/mol. The highest BCUT2D eigenvalue weighted by molar-refractivity contribution is 7.13. The first-order valence-electron chi connectivity index (χ1n) is 8.44. The minimum atomic E-state index is -0.486. The number of hydrogen-bond acceptors (Lipinski definition) is 6. The second-order valence-electron chi connectivity index (χ2n) is 6.67. The topological polar surface area (TPSA) is 82.8 Å². The Hall–Kier alpha value is -1.67. The highest BCUT2D eigenvalue weighted by atomic mass is 32.1. The van der Waals surface area contributed by atoms with E-state index in [-0.39, 0.29) is 11.4 Å². The molecule has 2 aliphatic rings. The van der Waals surface area contributed by atoms with Gasteiger partial charge in [0, 0.05) is 50.1 Å². The van der Waals surface area contributed by atoms with Gasteiger partial charge in [0.15, 0.2) is 5.13 Å². The number of hydrogen-bond donors (Lipinski definition) is 1. The molecule has 3 heterocycles. The maximum atomic E-state index is 12.2. The van der Waals surface area contributed by atoms with Crippen molar-refractivity contribution in [2.75, 3.05) is 44.7 Å². The summed E-state index contributed by atoms with van der Waals surface area (Å²) in [6.45, 7) is 6.24. The van der Waals surface area contributed by atoms with E-state index in [1.165, 1.54) is 11.3 Å². The normalized spacial score (nSPS) is 26.0. The lowest BCUT2D eigenvalue weighted by atomic mass is 9.86. The molecule has 8 heteroatoms. The summed E-state index contributed by atoms with van der Waals surface area (Å²) in [6.07, 6.45) is 2.42. The second kappa shape index (κ2) is 6.68. The standard InChI is InChI=1S/C16H25N5O2S/c1-3-20-7-6-16(5-4-13(20)22)11-21(9-8-19(16)2)15-18-12(10-24-15)14(17)23/h10H,3-9,11H2,1-2H3,(H2,17,23)/t16-/m0/s1. The number of piperazine rings is 1. The molecule has 1 atom stereocenters. The number of amides is 2. The van der Waals surface area contributed by atoms with Crippen LogP contribution in [0.1, 0.15) is 36.7 Å². The second-order valence-corrected chi connectivity index (χ2v) is 7.51. The molecule has 0 unspecified atom stereocenters. The third kappa shape index (κ3) is 3.12. The molecule has 2 aliphatic heterocycles. The van der Waals surface area contributed by atoms with Gasteiger partial charge < -0.3 is 15.5 Å². The highest BCUT2D eigenvalue weighted by Crippen LogP contribution is 2.34. The number of carbonyl (C=O) groups is 2. The number of carbonyl (C=O) groups excluding carboxylic acids is 2. The Kier molecular flexibility index (Phi) is 4.78. The van der Waals surface area contributed by atoms with Crippen LogP contribution in [0.15, 0.2) is 5.38 Å². The molecule has 0 aromatic carbocycles. The number of likely N-dealkylation sites (N-methyl/N-ethyl adjacent to an activating group) is 1. The smallest absolute Gasteiger partial charge is 0.268 e. The van der Waals surface area contributed by atoms with E-state index in [1.54, 1.807) is 5.38 Å². The van der Waals surface area contributed by atoms with Gasteiger partial charge in [-0.3, -0.25) is 14.5 Å². The third-order valence-corrected chi connectivity index (χ3v) is 6.30. The Labute approximate surface area is 146 Å². The molecule has 3 rings (SSSR count). The number of likely N-dealkylation sites (tertiary alicyclic amines) is 1. The number of anilines is 1. The molecule has 2 N–H and O–H groups in total. The Balaban J connectivity index is 1.79. The van der Waals surface area contributed by atoms with Crippen molar-refractivity contribution in [2.45, 2.75) is 31.7 Å². The zero-order valence-corrected chi connectivity index (χ0v) is 15.1. The maximum absolute atomic E-state index is 12.2. The summed E-state index contributed by atoms with van der Waals surface area (Å²) in [5.74, 6) is -0.231. The average Bonchev–Trinajstić information content (AvgIpc) is 3.00. The van der Waals surface area contributed by atoms with E-state index in [2.05, 4.69) is 21.8 Å². The van der Waals surface area contributed by atoms with Gasteiger partial charge in [-0.25, -0.2) is 4.98 Å². The van der Waals surface area contributed by atoms with Crippen molar-refractivity contribution >= 4 is 28.3 Å². The van der Waals surface area contributed by atoms with Crippen molar-refractivity contribution in [1.29, 1.82) is 0 Å². The molecule has 132 valence electrons. The zero-order chi connectivity index (χ0) is 17.3. The van der Waals surface area contributed by atoms with E-state index in [1.807, 2.05) is 11.8 Å². The van der Waals surface area contributed by atoms with Gasteiger partial charge in [-0.2, -0.15) is 0 Å². The first kappa shape index (κ1) is 17.2. The van der Waals surface area contributed by atoms with E-state index < -0.39 is 5.91 Å². The SMILES string of the molecule is CCN1CC[C@@]2(CCC1=O)CN(c1nc(C(N)=O)cs1)CCN2C. The minimum Gasteiger partial charge on any atom is -0.364 e. The zero-order valence-electron chi connectivity index (χ0n) is 14.3. The molecule has 1 aromatic rings. The summed E-state index contributed by atoms with van der Waals surface area (Å²) in [6, 6.07) is 0. The van der Waals surface area contributed by atoms with Crippen LogP contribution in [0.4, 0.5) is 5.13 Å². The number of thiazole rings is 1. The fourth-order valence-electron chi connectivity index (χ4n) is 3.71. The number of nitrogens with two attached hydrogens (primary N) is 1. The first-order chi connectivity index (χ1) is 11.4. The number of primary amides is 1. The summed E-state index contributed by atoms with van der Waals surface area (Å²) in [5, 5.41) is 2.57. The lowest BCUT2D eigenvalue weighted by molar-refractivity contribution is -0.130. The summed E-state index contributed by atoms with van der Waals surface area (Å²) in [4.78, 5) is 34.5. The summed E-state index contributed by atoms with van der Waals surface area (Å²) in [7, 11) is 2.15. The van der Waals surface area contributed by atoms with Crippen molar-refractivity contribution < 1.29 is 9.59 Å². The van der Waals surface area contributed by atoms with Crippen molar-refractivity contribution in [1.82, 2.24) is 14.8 Å². The minimum absolute atomic E-state index is 0.0175. The van der Waals surface area contributed by atoms with Gasteiger partial charge in [-0.15, -0.1) is 11.3 Å². The number of aromatic nitrogens is 1. The van der Waals surface area contributed by atoms with Crippen molar-refractivity contribution in [3.05, 3.63) is 11.1 Å². The quantitative estimate of drug-likeness (QED) is 0.869. The fraction of sp³-hybridized carbons (Fsp3) is 0.688. The maximum Gasteiger partial charge on any atom is 0.268 e. The first-order valence-corrected chi connectivity index (χ1v) is 9.32. The molecule has 2 fully saturated rings. The lowest BCUT2D eigenvalue weighted by Gasteiger charge is -2.49. The molecule has 7 nitrogen and oxygen atoms in total. The lowest BCUT2D eigenvalue weighted by Crippen LogP contribution is -2.61. The van der Waals surface area contributed by atoms with Crippen LogP contribution in [0.25, 0.3) is 0 Å². The van der Waals surface area contributed by atoms with E-state index in [9.17, 15) is 9.59 Å². The molecule has 0 radical (unpaired) electrons. The van der Waals surface area contributed by atoms with Crippen LogP contribution in [-0.2, 0) is 4.79 Å². The average molecular weight is 351 g/mol. The van der Waals surface area contributed by atoms with E-state index in [0.717, 1.165) is 50.7 Å². The van der Waals surface area contributed by atoms with Gasteiger partial charge in [-0.1, -0.05) is 0 Å². The predicted octanol–water partition coefficient (Wildman–Crippen LogP) is 0.765. The van der Waals surface area contributed by atoms with Crippen molar-refractivity contribution in [2.24, 2.45) is 5.73 Å². The molecule has 0 saturated carbocycles. The molecule has 0 bridgehead atoms. The van der Waals surface area contributed by atoms with Crippen LogP contribution in [0.5, 0.6) is 0 Å². The largest absolute Gasteiger partial charge is 0.364 e. The van der Waals surface area contributed by atoms with Gasteiger partial charge in [0.1, 0.15) is 5.69 Å². The molecule has 1 aromatic heterocycles. The van der Waals surface area contributed by atoms with Crippen LogP contribution in [0.2, 0.25) is 0 Å². The van der Waals surface area contributed by atoms with Gasteiger partial charge in [-0.05, 0) is 26.8 Å². The summed E-state index contributed by atoms with van der Waals surface area (Å²) < 4.78 is 0. The Morgan fingerprint density at radius 1 is 1.38 bits per heavy atom. The Morgan fingerprint density at radius 3 is 2.83 bits per heavy atom. The van der Waals surface area contributed by atoms with Crippen LogP contribution in [-0.4, -0.2) is 71.9 Å². The van der Waals surface area contributed by atoms with Crippen LogP contribution in [0.3, 0.4) is 0 Å². The molecule has 1 spiro atoms. The molecule has 24 heavy (non-hydrogen) atoms. The van der Waals surface area contributed by atoms with E-state index in [0.29, 0.717) is 12.1 Å². The van der Waals surface area contributed by atoms with Crippen LogP contribution >= 0.6 is 11.3 Å². The van der Waals surface area contributed by atoms with Gasteiger partial charge in [0.2, 0.25) is 5.91 Å². The van der Waals surface area contributed by atoms with Gasteiger partial charge in [0.05, 0.1) is 0 Å². The van der Waals surface area contributed by atoms with Gasteiger partial charge >= 0.3 is 0 Å². The third-order valence-electron chi connectivity index (χ3n) is 5.40. The van der Waals surface area contributed by atoms with Crippen LogP contribution < -0.4 is 10.6 Å². The summed E-state index contributed by atoms with van der Waals surface area (Å²) in [5.41, 5.74) is 5.63. The highest BCUT2D eigenvalue weighted by Gasteiger charge is 2.42. The van der Waals surface area contributed by atoms with Crippen molar-refractivity contribution in [3.63, 3.8) is 0 Å². The number of rotatable bonds is 3. The molecular weight excluding hydrogens is 326 g/mol. The Bertz CT molecular complexity index is 634.